The number of nitrogens with zero attached hydrogens (tertiary/aromatic N) is 2. The van der Waals surface area contributed by atoms with Gasteiger partial charge in [0.15, 0.2) is 5.78 Å². The van der Waals surface area contributed by atoms with Crippen LogP contribution in [-0.4, -0.2) is 23.7 Å². The molecular weight excluding hydrogens is 248 g/mol. The molecule has 1 aromatic carbocycles. The number of methoxy groups -OCH3 is 1. The van der Waals surface area contributed by atoms with Gasteiger partial charge in [0.1, 0.15) is 11.6 Å². The van der Waals surface area contributed by atoms with Crippen LogP contribution in [0.25, 0.3) is 0 Å². The third-order valence-corrected chi connectivity index (χ3v) is 2.28. The lowest BCUT2D eigenvalue weighted by Crippen LogP contribution is -2.04. The van der Waals surface area contributed by atoms with Gasteiger partial charge in [-0.1, -0.05) is 0 Å². The summed E-state index contributed by atoms with van der Waals surface area (Å²) in [7, 11) is 1.21. The van der Waals surface area contributed by atoms with Crippen LogP contribution in [0.15, 0.2) is 12.1 Å². The normalized spacial score (nSPS) is 9.47. The lowest BCUT2D eigenvalue weighted by Gasteiger charge is -2.05. The number of nitriles is 1. The summed E-state index contributed by atoms with van der Waals surface area (Å²) in [4.78, 5) is 21.4. The monoisotopic (exact) mass is 254 g/mol. The maximum Gasteiger partial charge on any atom is 0.313 e. The summed E-state index contributed by atoms with van der Waals surface area (Å²) in [5.41, 5.74) is -0.487. The van der Waals surface area contributed by atoms with Gasteiger partial charge in [-0.25, -0.2) is 0 Å². The van der Waals surface area contributed by atoms with Gasteiger partial charge in [0, 0.05) is 11.6 Å². The molecule has 0 heterocycles. The van der Waals surface area contributed by atoms with E-state index in [2.05, 4.69) is 0 Å². The second kappa shape index (κ2) is 5.27. The van der Waals surface area contributed by atoms with Gasteiger partial charge in [-0.3, -0.25) is 14.9 Å². The molecule has 0 atom stereocenters. The number of nitro groups is 1. The second-order valence-corrected chi connectivity index (χ2v) is 3.27. The van der Waals surface area contributed by atoms with Crippen molar-refractivity contribution in [1.82, 2.24) is 0 Å². The minimum atomic E-state index is -0.718. The second-order valence-electron chi connectivity index (χ2n) is 3.00. The number of ketones is 1. The molecule has 0 fully saturated rings. The Morgan fingerprint density at radius 3 is 2.71 bits per heavy atom. The number of hydrogen-bond acceptors (Lipinski definition) is 5. The van der Waals surface area contributed by atoms with Crippen LogP contribution < -0.4 is 4.74 Å². The van der Waals surface area contributed by atoms with Gasteiger partial charge in [-0.05, 0) is 6.07 Å². The van der Waals surface area contributed by atoms with Crippen LogP contribution in [0.1, 0.15) is 15.9 Å². The zero-order valence-corrected chi connectivity index (χ0v) is 9.52. The van der Waals surface area contributed by atoms with Gasteiger partial charge in [0.05, 0.1) is 17.9 Å². The van der Waals surface area contributed by atoms with Crippen LogP contribution in [0.3, 0.4) is 0 Å². The van der Waals surface area contributed by atoms with Crippen molar-refractivity contribution in [3.05, 3.63) is 33.4 Å². The number of carbonyl (C=O) groups is 1. The largest absolute Gasteiger partial charge is 0.489 e. The summed E-state index contributed by atoms with van der Waals surface area (Å²) in [5, 5.41) is 19.6. The fourth-order valence-electron chi connectivity index (χ4n) is 1.28. The molecule has 0 aliphatic heterocycles. The summed E-state index contributed by atoms with van der Waals surface area (Å²) in [6.45, 7) is 0. The quantitative estimate of drug-likeness (QED) is 0.354. The average molecular weight is 255 g/mol. The lowest BCUT2D eigenvalue weighted by molar-refractivity contribution is -0.385. The highest BCUT2D eigenvalue weighted by molar-refractivity contribution is 6.30. The Hall–Kier alpha value is -2.13. The molecule has 7 heteroatoms. The van der Waals surface area contributed by atoms with E-state index >= 15 is 0 Å². The minimum Gasteiger partial charge on any atom is -0.489 e. The standard InChI is InChI=1S/C10H7ClN2O4/c1-17-10-7(5-12)2-6(9(14)4-11)3-8(10)13(15)16/h2-3H,4H2,1H3. The summed E-state index contributed by atoms with van der Waals surface area (Å²) in [6.07, 6.45) is 0. The molecule has 0 aromatic heterocycles. The minimum absolute atomic E-state index is 0.0176. The number of halogens is 1. The van der Waals surface area contributed by atoms with E-state index in [1.165, 1.54) is 13.2 Å². The fourth-order valence-corrected chi connectivity index (χ4v) is 1.44. The van der Waals surface area contributed by atoms with E-state index in [1.807, 2.05) is 0 Å². The van der Waals surface area contributed by atoms with Crippen LogP contribution in [0, 0.1) is 21.4 Å². The average Bonchev–Trinajstić information content (AvgIpc) is 2.35. The zero-order chi connectivity index (χ0) is 13.0. The molecule has 0 aliphatic rings. The van der Waals surface area contributed by atoms with Crippen molar-refractivity contribution in [1.29, 1.82) is 5.26 Å². The highest BCUT2D eigenvalue weighted by Crippen LogP contribution is 2.32. The van der Waals surface area contributed by atoms with Crippen molar-refractivity contribution in [2.75, 3.05) is 13.0 Å². The molecule has 1 aromatic rings. The predicted molar refractivity (Wildman–Crippen MR) is 59.4 cm³/mol. The topological polar surface area (TPSA) is 93.2 Å². The van der Waals surface area contributed by atoms with Gasteiger partial charge >= 0.3 is 5.69 Å². The molecule has 0 aliphatic carbocycles. The summed E-state index contributed by atoms with van der Waals surface area (Å²) >= 11 is 5.35. The van der Waals surface area contributed by atoms with Crippen LogP contribution in [0.4, 0.5) is 5.69 Å². The molecule has 0 amide bonds. The lowest BCUT2D eigenvalue weighted by atomic mass is 10.1. The van der Waals surface area contributed by atoms with Crippen LogP contribution in [-0.2, 0) is 0 Å². The van der Waals surface area contributed by atoms with Gasteiger partial charge in [0.2, 0.25) is 5.75 Å². The van der Waals surface area contributed by atoms with Gasteiger partial charge in [-0.2, -0.15) is 5.26 Å². The molecular formula is C10H7ClN2O4. The van der Waals surface area contributed by atoms with Crippen LogP contribution in [0.2, 0.25) is 0 Å². The fraction of sp³-hybridized carbons (Fsp3) is 0.200. The van der Waals surface area contributed by atoms with Crippen molar-refractivity contribution in [3.63, 3.8) is 0 Å². The molecule has 17 heavy (non-hydrogen) atoms. The summed E-state index contributed by atoms with van der Waals surface area (Å²) in [5.74, 6) is -0.966. The van der Waals surface area contributed by atoms with E-state index in [-0.39, 0.29) is 22.8 Å². The van der Waals surface area contributed by atoms with E-state index in [0.29, 0.717) is 0 Å². The molecule has 6 nitrogen and oxygen atoms in total. The van der Waals surface area contributed by atoms with E-state index in [9.17, 15) is 14.9 Å². The predicted octanol–water partition coefficient (Wildman–Crippen LogP) is 1.90. The Labute approximate surface area is 102 Å². The van der Waals surface area contributed by atoms with Gasteiger partial charge < -0.3 is 4.74 Å². The molecule has 0 N–H and O–H groups in total. The summed E-state index contributed by atoms with van der Waals surface area (Å²) in [6, 6.07) is 4.00. The first-order valence-corrected chi connectivity index (χ1v) is 4.94. The smallest absolute Gasteiger partial charge is 0.313 e. The number of hydrogen-bond donors (Lipinski definition) is 0. The first-order valence-electron chi connectivity index (χ1n) is 4.40. The highest BCUT2D eigenvalue weighted by Gasteiger charge is 2.22. The number of Topliss-reactive ketones (excluding diaryl/α,β-unsaturated/α-hetero) is 1. The third kappa shape index (κ3) is 2.52. The first kappa shape index (κ1) is 12.9. The molecule has 0 radical (unpaired) electrons. The van der Waals surface area contributed by atoms with Gasteiger partial charge in [0.25, 0.3) is 0 Å². The Kier molecular flexibility index (Phi) is 4.01. The Morgan fingerprint density at radius 1 is 1.65 bits per heavy atom. The number of benzene rings is 1. The Morgan fingerprint density at radius 2 is 2.29 bits per heavy atom. The maximum atomic E-state index is 11.4. The Balaban J connectivity index is 3.52. The van der Waals surface area contributed by atoms with E-state index in [4.69, 9.17) is 21.6 Å². The van der Waals surface area contributed by atoms with Crippen molar-refractivity contribution >= 4 is 23.1 Å². The van der Waals surface area contributed by atoms with Crippen LogP contribution in [0.5, 0.6) is 5.75 Å². The molecule has 0 unspecified atom stereocenters. The van der Waals surface area contributed by atoms with Crippen molar-refractivity contribution in [2.24, 2.45) is 0 Å². The molecule has 0 spiro atoms. The number of alkyl halides is 1. The molecule has 0 bridgehead atoms. The van der Waals surface area contributed by atoms with Crippen LogP contribution >= 0.6 is 11.6 Å². The first-order chi connectivity index (χ1) is 8.04. The van der Waals surface area contributed by atoms with Crippen molar-refractivity contribution in [2.45, 2.75) is 0 Å². The number of nitro benzene ring substituents is 1. The maximum absolute atomic E-state index is 11.4. The molecule has 0 saturated carbocycles. The molecule has 88 valence electrons. The molecule has 0 saturated heterocycles. The van der Waals surface area contributed by atoms with Crippen molar-refractivity contribution < 1.29 is 14.5 Å². The number of carbonyl (C=O) groups excluding carboxylic acids is 1. The van der Waals surface area contributed by atoms with Gasteiger partial charge in [-0.15, -0.1) is 11.6 Å². The SMILES string of the molecule is COc1c(C#N)cc(C(=O)CCl)cc1[N+](=O)[O-]. The number of rotatable bonds is 4. The van der Waals surface area contributed by atoms with E-state index in [1.54, 1.807) is 6.07 Å². The number of ether oxygens (including phenoxy) is 1. The Bertz CT molecular complexity index is 522. The highest BCUT2D eigenvalue weighted by atomic mass is 35.5. The van der Waals surface area contributed by atoms with E-state index < -0.39 is 16.4 Å². The zero-order valence-electron chi connectivity index (χ0n) is 8.77. The van der Waals surface area contributed by atoms with Crippen molar-refractivity contribution in [3.8, 4) is 11.8 Å². The molecule has 1 rings (SSSR count). The third-order valence-electron chi connectivity index (χ3n) is 2.03. The summed E-state index contributed by atoms with van der Waals surface area (Å²) < 4.78 is 4.79. The van der Waals surface area contributed by atoms with E-state index in [0.717, 1.165) is 6.07 Å².